The van der Waals surface area contributed by atoms with Crippen LogP contribution in [0.1, 0.15) is 115 Å². The number of rotatable bonds is 23. The lowest BCUT2D eigenvalue weighted by atomic mass is 10.0. The molecule has 0 spiro atoms. The zero-order valence-electron chi connectivity index (χ0n) is 21.4. The molecular weight excluding hydrogens is 447 g/mol. The second-order valence-corrected chi connectivity index (χ2v) is 10.1. The van der Waals surface area contributed by atoms with Crippen LogP contribution < -0.4 is 4.90 Å². The number of unbranched alkanes of at least 4 members (excludes halogenated alkanes) is 15. The zero-order valence-corrected chi connectivity index (χ0v) is 22.9. The van der Waals surface area contributed by atoms with Crippen LogP contribution in [0.4, 0.5) is 5.69 Å². The Balaban J connectivity index is 1.94. The maximum absolute atomic E-state index is 5.90. The van der Waals surface area contributed by atoms with Gasteiger partial charge in [-0.2, -0.15) is 0 Å². The minimum Gasteiger partial charge on any atom is -0.369 e. The largest absolute Gasteiger partial charge is 0.369 e. The van der Waals surface area contributed by atoms with Crippen molar-refractivity contribution in [1.82, 2.24) is 0 Å². The highest BCUT2D eigenvalue weighted by Crippen LogP contribution is 2.16. The molecule has 0 aliphatic carbocycles. The number of hydrogen-bond donors (Lipinski definition) is 0. The van der Waals surface area contributed by atoms with Crippen LogP contribution >= 0.6 is 23.2 Å². The highest BCUT2D eigenvalue weighted by Gasteiger charge is 2.04. The molecule has 0 fully saturated rings. The van der Waals surface area contributed by atoms with Crippen LogP contribution in [0.15, 0.2) is 29.3 Å². The smallest absolute Gasteiger partial charge is 0.0399 e. The molecule has 1 aromatic carbocycles. The number of alkyl halides is 2. The molecule has 0 aliphatic rings. The van der Waals surface area contributed by atoms with Crippen molar-refractivity contribution in [3.05, 3.63) is 29.8 Å². The topological polar surface area (TPSA) is 15.6 Å². The Bertz CT molecular complexity index is 553. The molecule has 0 radical (unpaired) electrons. The lowest BCUT2D eigenvalue weighted by molar-refractivity contribution is 0.530. The summed E-state index contributed by atoms with van der Waals surface area (Å²) in [4.78, 5) is 6.83. The molecule has 0 bridgehead atoms. The van der Waals surface area contributed by atoms with Crippen LogP contribution in [0.2, 0.25) is 0 Å². The number of anilines is 1. The molecule has 0 unspecified atom stereocenters. The fourth-order valence-corrected chi connectivity index (χ4v) is 4.67. The molecule has 33 heavy (non-hydrogen) atoms. The number of nitrogens with zero attached hydrogens (tertiary/aromatic N) is 2. The summed E-state index contributed by atoms with van der Waals surface area (Å²) in [7, 11) is 0. The summed E-state index contributed by atoms with van der Waals surface area (Å²) in [5.41, 5.74) is 2.33. The Kier molecular flexibility index (Phi) is 21.1. The van der Waals surface area contributed by atoms with Crippen LogP contribution in [-0.2, 0) is 0 Å². The van der Waals surface area contributed by atoms with E-state index in [9.17, 15) is 0 Å². The third-order valence-electron chi connectivity index (χ3n) is 6.35. The van der Waals surface area contributed by atoms with E-state index in [1.807, 2.05) is 6.21 Å². The first-order valence-corrected chi connectivity index (χ1v) is 14.9. The van der Waals surface area contributed by atoms with Crippen molar-refractivity contribution in [2.24, 2.45) is 4.99 Å². The first-order valence-electron chi connectivity index (χ1n) is 13.8. The van der Waals surface area contributed by atoms with Crippen LogP contribution in [0.3, 0.4) is 0 Å². The quantitative estimate of drug-likeness (QED) is 0.0835. The van der Waals surface area contributed by atoms with Gasteiger partial charge in [-0.15, -0.1) is 23.2 Å². The highest BCUT2D eigenvalue weighted by atomic mass is 35.5. The molecule has 4 heteroatoms. The molecule has 0 aliphatic heterocycles. The van der Waals surface area contributed by atoms with Crippen molar-refractivity contribution in [2.75, 3.05) is 36.3 Å². The van der Waals surface area contributed by atoms with Gasteiger partial charge in [0.25, 0.3) is 0 Å². The second-order valence-electron chi connectivity index (χ2n) is 9.30. The van der Waals surface area contributed by atoms with Crippen molar-refractivity contribution in [1.29, 1.82) is 0 Å². The molecule has 0 atom stereocenters. The third-order valence-corrected chi connectivity index (χ3v) is 6.69. The lowest BCUT2D eigenvalue weighted by Crippen LogP contribution is -2.27. The molecule has 190 valence electrons. The molecule has 0 heterocycles. The highest BCUT2D eigenvalue weighted by molar-refractivity contribution is 6.18. The fraction of sp³-hybridized carbons (Fsp3) is 0.759. The van der Waals surface area contributed by atoms with Crippen molar-refractivity contribution in [2.45, 2.75) is 110 Å². The molecule has 0 saturated heterocycles. The Morgan fingerprint density at radius 1 is 0.636 bits per heavy atom. The van der Waals surface area contributed by atoms with Crippen molar-refractivity contribution >= 4 is 35.1 Å². The average Bonchev–Trinajstić information content (AvgIpc) is 2.83. The number of hydrogen-bond acceptors (Lipinski definition) is 2. The van der Waals surface area contributed by atoms with E-state index in [0.717, 1.165) is 25.2 Å². The van der Waals surface area contributed by atoms with E-state index in [-0.39, 0.29) is 0 Å². The standard InChI is InChI=1S/C29H50Cl2N2/c1-2-3-4-5-6-7-8-9-10-11-12-13-14-15-16-17-24-32-27-28-18-20-29(21-19-28)33(25-22-30)26-23-31/h18-21,27H,2-17,22-26H2,1H3. The number of aliphatic imine (C=N–C) groups is 1. The summed E-state index contributed by atoms with van der Waals surface area (Å²) >= 11 is 11.8. The summed E-state index contributed by atoms with van der Waals surface area (Å²) in [6.07, 6.45) is 24.5. The predicted molar refractivity (Wildman–Crippen MR) is 152 cm³/mol. The summed E-state index contributed by atoms with van der Waals surface area (Å²) in [6.45, 7) is 4.87. The Morgan fingerprint density at radius 3 is 1.48 bits per heavy atom. The van der Waals surface area contributed by atoms with Gasteiger partial charge in [-0.1, -0.05) is 115 Å². The van der Waals surface area contributed by atoms with E-state index < -0.39 is 0 Å². The first kappa shape index (κ1) is 30.3. The maximum atomic E-state index is 5.90. The Hall–Kier alpha value is -0.730. The Morgan fingerprint density at radius 2 is 1.06 bits per heavy atom. The second kappa shape index (κ2) is 23.0. The SMILES string of the molecule is CCCCCCCCCCCCCCCCCCN=Cc1ccc(N(CCCl)CCCl)cc1. The Labute approximate surface area is 215 Å². The minimum absolute atomic E-state index is 0.611. The van der Waals surface area contributed by atoms with Gasteiger partial charge in [0.1, 0.15) is 0 Å². The van der Waals surface area contributed by atoms with E-state index in [2.05, 4.69) is 41.1 Å². The third kappa shape index (κ3) is 17.4. The summed E-state index contributed by atoms with van der Waals surface area (Å²) in [5.74, 6) is 1.22. The summed E-state index contributed by atoms with van der Waals surface area (Å²) in [5, 5.41) is 0. The van der Waals surface area contributed by atoms with E-state index in [4.69, 9.17) is 23.2 Å². The van der Waals surface area contributed by atoms with Crippen LogP contribution in [0.25, 0.3) is 0 Å². The summed E-state index contributed by atoms with van der Waals surface area (Å²) < 4.78 is 0. The number of halogens is 2. The van der Waals surface area contributed by atoms with E-state index in [0.29, 0.717) is 11.8 Å². The van der Waals surface area contributed by atoms with E-state index in [1.165, 1.54) is 108 Å². The molecule has 1 rings (SSSR count). The van der Waals surface area contributed by atoms with E-state index in [1.54, 1.807) is 0 Å². The van der Waals surface area contributed by atoms with Gasteiger partial charge in [-0.05, 0) is 24.1 Å². The molecule has 1 aromatic rings. The van der Waals surface area contributed by atoms with Gasteiger partial charge in [0, 0.05) is 43.3 Å². The molecule has 0 amide bonds. The molecule has 0 saturated carbocycles. The predicted octanol–water partition coefficient (Wildman–Crippen LogP) is 9.65. The van der Waals surface area contributed by atoms with Crippen molar-refractivity contribution < 1.29 is 0 Å². The summed E-state index contributed by atoms with van der Waals surface area (Å²) in [6, 6.07) is 8.52. The molecular formula is C29H50Cl2N2. The van der Waals surface area contributed by atoms with Gasteiger partial charge in [-0.25, -0.2) is 0 Å². The fourth-order valence-electron chi connectivity index (χ4n) is 4.27. The normalized spacial score (nSPS) is 11.5. The molecule has 2 nitrogen and oxygen atoms in total. The van der Waals surface area contributed by atoms with E-state index >= 15 is 0 Å². The van der Waals surface area contributed by atoms with Gasteiger partial charge < -0.3 is 4.90 Å². The van der Waals surface area contributed by atoms with Crippen molar-refractivity contribution in [3.63, 3.8) is 0 Å². The van der Waals surface area contributed by atoms with Gasteiger partial charge in [0.05, 0.1) is 0 Å². The molecule has 0 aromatic heterocycles. The van der Waals surface area contributed by atoms with Crippen LogP contribution in [0, 0.1) is 0 Å². The van der Waals surface area contributed by atoms with Crippen molar-refractivity contribution in [3.8, 4) is 0 Å². The van der Waals surface area contributed by atoms with Gasteiger partial charge >= 0.3 is 0 Å². The molecule has 0 N–H and O–H groups in total. The average molecular weight is 498 g/mol. The maximum Gasteiger partial charge on any atom is 0.0399 e. The zero-order chi connectivity index (χ0) is 23.8. The van der Waals surface area contributed by atoms with Gasteiger partial charge in [-0.3, -0.25) is 4.99 Å². The lowest BCUT2D eigenvalue weighted by Gasteiger charge is -2.22. The monoisotopic (exact) mass is 496 g/mol. The first-order chi connectivity index (χ1) is 16.3. The van der Waals surface area contributed by atoms with Gasteiger partial charge in [0.2, 0.25) is 0 Å². The minimum atomic E-state index is 0.611. The van der Waals surface area contributed by atoms with Gasteiger partial charge in [0.15, 0.2) is 0 Å². The van der Waals surface area contributed by atoms with Crippen LogP contribution in [-0.4, -0.2) is 37.6 Å². The van der Waals surface area contributed by atoms with Crippen LogP contribution in [0.5, 0.6) is 0 Å². The number of benzene rings is 1.